The van der Waals surface area contributed by atoms with Gasteiger partial charge in [-0.1, -0.05) is 48.2 Å². The second-order valence-electron chi connectivity index (χ2n) is 7.03. The zero-order valence-electron chi connectivity index (χ0n) is 17.0. The van der Waals surface area contributed by atoms with Crippen LogP contribution in [0, 0.1) is 0 Å². The number of aliphatic carboxylic acids is 1. The molecule has 31 heavy (non-hydrogen) atoms. The first-order chi connectivity index (χ1) is 15.0. The van der Waals surface area contributed by atoms with E-state index >= 15 is 0 Å². The summed E-state index contributed by atoms with van der Waals surface area (Å²) in [6, 6.07) is 15.2. The predicted octanol–water partition coefficient (Wildman–Crippen LogP) is 3.33. The van der Waals surface area contributed by atoms with Crippen molar-refractivity contribution in [1.29, 1.82) is 0 Å². The van der Waals surface area contributed by atoms with Crippen LogP contribution >= 0.6 is 11.8 Å². The molecule has 0 radical (unpaired) electrons. The topological polar surface area (TPSA) is 101 Å². The number of methoxy groups -OCH3 is 2. The normalized spacial score (nSPS) is 20.5. The van der Waals surface area contributed by atoms with Crippen molar-refractivity contribution >= 4 is 34.5 Å². The van der Waals surface area contributed by atoms with Crippen LogP contribution < -0.4 is 9.47 Å². The number of carboxylic acid groups (broad SMARTS) is 1. The van der Waals surface area contributed by atoms with Gasteiger partial charge in [-0.3, -0.25) is 9.59 Å². The maximum Gasteiger partial charge on any atom is 0.305 e. The molecule has 2 heterocycles. The minimum Gasteiger partial charge on any atom is -0.493 e. The van der Waals surface area contributed by atoms with Gasteiger partial charge in [0.2, 0.25) is 0 Å². The van der Waals surface area contributed by atoms with E-state index in [1.165, 1.54) is 0 Å². The van der Waals surface area contributed by atoms with Gasteiger partial charge in [0.05, 0.1) is 32.4 Å². The lowest BCUT2D eigenvalue weighted by Gasteiger charge is -2.23. The van der Waals surface area contributed by atoms with Gasteiger partial charge in [0.25, 0.3) is 5.91 Å². The number of thioether (sulfide) groups is 1. The lowest BCUT2D eigenvalue weighted by molar-refractivity contribution is -0.138. The van der Waals surface area contributed by atoms with Gasteiger partial charge in [-0.2, -0.15) is 10.1 Å². The van der Waals surface area contributed by atoms with Crippen molar-refractivity contribution in [3.8, 4) is 11.5 Å². The van der Waals surface area contributed by atoms with Gasteiger partial charge in [-0.05, 0) is 23.3 Å². The molecule has 0 aliphatic carbocycles. The van der Waals surface area contributed by atoms with Crippen LogP contribution in [-0.4, -0.2) is 52.3 Å². The number of amidine groups is 1. The molecule has 0 fully saturated rings. The van der Waals surface area contributed by atoms with Crippen LogP contribution in [0.4, 0.5) is 0 Å². The molecule has 0 spiro atoms. The number of benzene rings is 2. The Morgan fingerprint density at radius 2 is 1.90 bits per heavy atom. The summed E-state index contributed by atoms with van der Waals surface area (Å²) in [5.41, 5.74) is 2.76. The van der Waals surface area contributed by atoms with Gasteiger partial charge in [-0.25, -0.2) is 5.01 Å². The predicted molar refractivity (Wildman–Crippen MR) is 118 cm³/mol. The summed E-state index contributed by atoms with van der Waals surface area (Å²) in [5.74, 6) is -0.274. The molecular formula is C22H21N3O5S. The fraction of sp³-hybridized carbons (Fsp3) is 0.273. The van der Waals surface area contributed by atoms with Crippen molar-refractivity contribution in [3.05, 3.63) is 59.7 Å². The molecule has 0 saturated carbocycles. The smallest absolute Gasteiger partial charge is 0.305 e. The quantitative estimate of drug-likeness (QED) is 0.737. The fourth-order valence-electron chi connectivity index (χ4n) is 3.57. The molecule has 1 amide bonds. The molecule has 2 aliphatic heterocycles. The van der Waals surface area contributed by atoms with E-state index in [0.29, 0.717) is 23.1 Å². The number of ether oxygens (including phenoxy) is 2. The highest BCUT2D eigenvalue weighted by molar-refractivity contribution is 8.15. The Kier molecular flexibility index (Phi) is 5.94. The van der Waals surface area contributed by atoms with Crippen molar-refractivity contribution < 1.29 is 24.2 Å². The number of aliphatic imine (C=N–C) groups is 1. The van der Waals surface area contributed by atoms with Crippen LogP contribution in [0.3, 0.4) is 0 Å². The Morgan fingerprint density at radius 3 is 2.58 bits per heavy atom. The molecular weight excluding hydrogens is 418 g/mol. The molecule has 4 rings (SSSR count). The van der Waals surface area contributed by atoms with Gasteiger partial charge in [-0.15, -0.1) is 0 Å². The second kappa shape index (κ2) is 8.81. The third-order valence-electron chi connectivity index (χ3n) is 5.09. The standard InChI is InChI=1S/C22H21N3O5S/c1-29-17-9-8-14(10-18(17)30-2)16-11-15(13-6-4-3-5-7-13)24-25(16)22-23-21(28)19(31-22)12-20(26)27/h3-10,16,19H,11-12H2,1-2H3,(H,26,27). The van der Waals surface area contributed by atoms with Gasteiger partial charge in [0, 0.05) is 6.42 Å². The number of carbonyl (C=O) groups is 2. The summed E-state index contributed by atoms with van der Waals surface area (Å²) in [5, 5.41) is 15.2. The Morgan fingerprint density at radius 1 is 1.16 bits per heavy atom. The largest absolute Gasteiger partial charge is 0.493 e. The van der Waals surface area contributed by atoms with Crippen LogP contribution in [0.15, 0.2) is 58.6 Å². The van der Waals surface area contributed by atoms with Crippen LogP contribution in [-0.2, 0) is 9.59 Å². The first-order valence-electron chi connectivity index (χ1n) is 9.65. The zero-order chi connectivity index (χ0) is 22.0. The zero-order valence-corrected chi connectivity index (χ0v) is 17.8. The highest BCUT2D eigenvalue weighted by atomic mass is 32.2. The number of hydrogen-bond acceptors (Lipinski definition) is 7. The van der Waals surface area contributed by atoms with E-state index in [1.54, 1.807) is 19.2 Å². The molecule has 2 aliphatic rings. The van der Waals surface area contributed by atoms with Gasteiger partial charge < -0.3 is 14.6 Å². The lowest BCUT2D eigenvalue weighted by Crippen LogP contribution is -2.24. The molecule has 9 heteroatoms. The number of carbonyl (C=O) groups excluding carboxylic acids is 1. The van der Waals surface area contributed by atoms with Crippen LogP contribution in [0.2, 0.25) is 0 Å². The molecule has 160 valence electrons. The van der Waals surface area contributed by atoms with E-state index in [2.05, 4.69) is 4.99 Å². The first-order valence-corrected chi connectivity index (χ1v) is 10.5. The highest BCUT2D eigenvalue weighted by Gasteiger charge is 2.39. The number of hydrazone groups is 1. The number of amides is 1. The molecule has 0 aromatic heterocycles. The van der Waals surface area contributed by atoms with Crippen molar-refractivity contribution in [1.82, 2.24) is 5.01 Å². The average Bonchev–Trinajstić information content (AvgIpc) is 3.37. The monoisotopic (exact) mass is 439 g/mol. The van der Waals surface area contributed by atoms with Crippen LogP contribution in [0.25, 0.3) is 0 Å². The SMILES string of the molecule is COc1ccc(C2CC(c3ccccc3)=NN2C2=NC(=O)C(CC(=O)O)S2)cc1OC. The van der Waals surface area contributed by atoms with E-state index in [0.717, 1.165) is 28.6 Å². The third kappa shape index (κ3) is 4.27. The van der Waals surface area contributed by atoms with Crippen molar-refractivity contribution in [3.63, 3.8) is 0 Å². The maximum atomic E-state index is 12.3. The Hall–Kier alpha value is -3.33. The van der Waals surface area contributed by atoms with E-state index in [9.17, 15) is 9.59 Å². The number of nitrogens with zero attached hydrogens (tertiary/aromatic N) is 3. The highest BCUT2D eigenvalue weighted by Crippen LogP contribution is 2.40. The van der Waals surface area contributed by atoms with Gasteiger partial charge >= 0.3 is 5.97 Å². The lowest BCUT2D eigenvalue weighted by atomic mass is 9.98. The Bertz CT molecular complexity index is 1070. The Balaban J connectivity index is 1.70. The summed E-state index contributed by atoms with van der Waals surface area (Å²) in [7, 11) is 3.15. The molecule has 1 N–H and O–H groups in total. The molecule has 0 bridgehead atoms. The minimum absolute atomic E-state index is 0.224. The van der Waals surface area contributed by atoms with Gasteiger partial charge in [0.1, 0.15) is 5.25 Å². The number of rotatable bonds is 6. The molecule has 2 aromatic rings. The number of hydrogen-bond donors (Lipinski definition) is 1. The Labute approximate surface area is 183 Å². The van der Waals surface area contributed by atoms with Crippen LogP contribution in [0.1, 0.15) is 30.0 Å². The second-order valence-corrected chi connectivity index (χ2v) is 8.20. The van der Waals surface area contributed by atoms with Crippen molar-refractivity contribution in [2.24, 2.45) is 10.1 Å². The molecule has 2 atom stereocenters. The first kappa shape index (κ1) is 20.9. The summed E-state index contributed by atoms with van der Waals surface area (Å²) < 4.78 is 10.8. The molecule has 2 unspecified atom stereocenters. The summed E-state index contributed by atoms with van der Waals surface area (Å²) in [4.78, 5) is 27.5. The fourth-order valence-corrected chi connectivity index (χ4v) is 4.63. The summed E-state index contributed by atoms with van der Waals surface area (Å²) >= 11 is 1.14. The number of carboxylic acids is 1. The molecule has 0 saturated heterocycles. The van der Waals surface area contributed by atoms with E-state index < -0.39 is 17.1 Å². The van der Waals surface area contributed by atoms with Crippen molar-refractivity contribution in [2.45, 2.75) is 24.1 Å². The molecule has 8 nitrogen and oxygen atoms in total. The van der Waals surface area contributed by atoms with E-state index in [4.69, 9.17) is 19.7 Å². The van der Waals surface area contributed by atoms with Crippen LogP contribution in [0.5, 0.6) is 11.5 Å². The average molecular weight is 439 g/mol. The van der Waals surface area contributed by atoms with Crippen molar-refractivity contribution in [2.75, 3.05) is 14.2 Å². The maximum absolute atomic E-state index is 12.3. The summed E-state index contributed by atoms with van der Waals surface area (Å²) in [6.07, 6.45) is 0.317. The van der Waals surface area contributed by atoms with E-state index in [1.807, 2.05) is 48.5 Å². The molecule has 2 aromatic carbocycles. The minimum atomic E-state index is -1.03. The third-order valence-corrected chi connectivity index (χ3v) is 6.24. The van der Waals surface area contributed by atoms with Gasteiger partial charge in [0.15, 0.2) is 16.7 Å². The van der Waals surface area contributed by atoms with E-state index in [-0.39, 0.29) is 12.5 Å². The summed E-state index contributed by atoms with van der Waals surface area (Å²) in [6.45, 7) is 0.